The van der Waals surface area contributed by atoms with Gasteiger partial charge in [-0.1, -0.05) is 19.1 Å². The molecule has 0 bridgehead atoms. The van der Waals surface area contributed by atoms with Crippen molar-refractivity contribution in [2.75, 3.05) is 13.7 Å². The third kappa shape index (κ3) is 8.49. The van der Waals surface area contributed by atoms with Crippen LogP contribution in [-0.4, -0.2) is 37.7 Å². The van der Waals surface area contributed by atoms with Gasteiger partial charge in [0.25, 0.3) is 5.91 Å². The first kappa shape index (κ1) is 22.6. The number of amides is 1. The predicted octanol–water partition coefficient (Wildman–Crippen LogP) is 2.27. The SMILES string of the molecule is CCC(C)NC(=O)c1cccc(CN=C(N)NC(C)COC)c1.I. The Bertz CT molecular complexity index is 537. The number of guanidine groups is 1. The molecule has 1 aromatic carbocycles. The molecule has 1 aromatic rings. The van der Waals surface area contributed by atoms with Crippen molar-refractivity contribution in [1.82, 2.24) is 10.6 Å². The van der Waals surface area contributed by atoms with Gasteiger partial charge in [-0.15, -0.1) is 24.0 Å². The number of nitrogens with two attached hydrogens (primary N) is 1. The Hall–Kier alpha value is -1.35. The first-order valence-corrected chi connectivity index (χ1v) is 7.91. The van der Waals surface area contributed by atoms with E-state index in [1.54, 1.807) is 13.2 Å². The number of methoxy groups -OCH3 is 1. The maximum Gasteiger partial charge on any atom is 0.251 e. The summed E-state index contributed by atoms with van der Waals surface area (Å²) in [6, 6.07) is 7.67. The van der Waals surface area contributed by atoms with Crippen molar-refractivity contribution >= 4 is 35.8 Å². The maximum absolute atomic E-state index is 12.1. The van der Waals surface area contributed by atoms with Crippen LogP contribution in [0.1, 0.15) is 43.1 Å². The van der Waals surface area contributed by atoms with Crippen LogP contribution in [0.25, 0.3) is 0 Å². The molecule has 0 saturated carbocycles. The van der Waals surface area contributed by atoms with Crippen LogP contribution >= 0.6 is 24.0 Å². The van der Waals surface area contributed by atoms with Crippen molar-refractivity contribution in [3.05, 3.63) is 35.4 Å². The van der Waals surface area contributed by atoms with Crippen LogP contribution < -0.4 is 16.4 Å². The molecule has 0 spiro atoms. The van der Waals surface area contributed by atoms with Gasteiger partial charge >= 0.3 is 0 Å². The lowest BCUT2D eigenvalue weighted by Gasteiger charge is -2.13. The molecular weight excluding hydrogens is 419 g/mol. The summed E-state index contributed by atoms with van der Waals surface area (Å²) in [6.45, 7) is 6.96. The predicted molar refractivity (Wildman–Crippen MR) is 109 cm³/mol. The Morgan fingerprint density at radius 3 is 2.62 bits per heavy atom. The van der Waals surface area contributed by atoms with E-state index in [4.69, 9.17) is 10.5 Å². The van der Waals surface area contributed by atoms with Crippen LogP contribution in [0.3, 0.4) is 0 Å². The molecule has 2 unspecified atom stereocenters. The van der Waals surface area contributed by atoms with E-state index in [1.807, 2.05) is 39.0 Å². The summed E-state index contributed by atoms with van der Waals surface area (Å²) in [5.41, 5.74) is 7.41. The van der Waals surface area contributed by atoms with Crippen LogP contribution in [0.4, 0.5) is 0 Å². The second-order valence-corrected chi connectivity index (χ2v) is 5.69. The van der Waals surface area contributed by atoms with E-state index in [9.17, 15) is 4.79 Å². The molecule has 0 radical (unpaired) electrons. The number of benzene rings is 1. The average molecular weight is 448 g/mol. The number of hydrogen-bond donors (Lipinski definition) is 3. The molecule has 7 heteroatoms. The van der Waals surface area contributed by atoms with E-state index in [2.05, 4.69) is 15.6 Å². The van der Waals surface area contributed by atoms with Crippen molar-refractivity contribution in [2.24, 2.45) is 10.7 Å². The van der Waals surface area contributed by atoms with Crippen LogP contribution in [0.5, 0.6) is 0 Å². The zero-order valence-corrected chi connectivity index (χ0v) is 17.2. The number of halogens is 1. The van der Waals surface area contributed by atoms with Crippen LogP contribution in [0.2, 0.25) is 0 Å². The fraction of sp³-hybridized carbons (Fsp3) is 0.529. The van der Waals surface area contributed by atoms with Crippen molar-refractivity contribution in [3.8, 4) is 0 Å². The summed E-state index contributed by atoms with van der Waals surface area (Å²) in [7, 11) is 1.64. The number of nitrogens with zero attached hydrogens (tertiary/aromatic N) is 1. The largest absolute Gasteiger partial charge is 0.383 e. The second-order valence-electron chi connectivity index (χ2n) is 5.69. The topological polar surface area (TPSA) is 88.7 Å². The highest BCUT2D eigenvalue weighted by molar-refractivity contribution is 14.0. The van der Waals surface area contributed by atoms with E-state index in [0.29, 0.717) is 24.7 Å². The van der Waals surface area contributed by atoms with Gasteiger partial charge in [0.2, 0.25) is 0 Å². The normalized spacial score (nSPS) is 13.6. The first-order chi connectivity index (χ1) is 11.0. The molecule has 0 aliphatic heterocycles. The highest BCUT2D eigenvalue weighted by Crippen LogP contribution is 2.07. The van der Waals surface area contributed by atoms with Gasteiger partial charge < -0.3 is 21.1 Å². The molecule has 1 amide bonds. The van der Waals surface area contributed by atoms with Crippen LogP contribution in [0, 0.1) is 0 Å². The Labute approximate surface area is 161 Å². The lowest BCUT2D eigenvalue weighted by molar-refractivity contribution is 0.0939. The lowest BCUT2D eigenvalue weighted by atomic mass is 10.1. The fourth-order valence-corrected chi connectivity index (χ4v) is 1.99. The molecule has 6 nitrogen and oxygen atoms in total. The van der Waals surface area contributed by atoms with Crippen molar-refractivity contribution < 1.29 is 9.53 Å². The van der Waals surface area contributed by atoms with Crippen molar-refractivity contribution in [1.29, 1.82) is 0 Å². The van der Waals surface area contributed by atoms with Gasteiger partial charge in [-0.25, -0.2) is 4.99 Å². The van der Waals surface area contributed by atoms with E-state index in [1.165, 1.54) is 0 Å². The van der Waals surface area contributed by atoms with Gasteiger partial charge in [0.15, 0.2) is 5.96 Å². The molecule has 0 heterocycles. The minimum Gasteiger partial charge on any atom is -0.383 e. The third-order valence-electron chi connectivity index (χ3n) is 3.42. The van der Waals surface area contributed by atoms with E-state index in [0.717, 1.165) is 12.0 Å². The number of carbonyl (C=O) groups is 1. The highest BCUT2D eigenvalue weighted by atomic mass is 127. The Kier molecular flexibility index (Phi) is 11.4. The van der Waals surface area contributed by atoms with E-state index >= 15 is 0 Å². The molecule has 4 N–H and O–H groups in total. The summed E-state index contributed by atoms with van der Waals surface area (Å²) < 4.78 is 5.03. The molecule has 24 heavy (non-hydrogen) atoms. The molecular formula is C17H29IN4O2. The molecule has 2 atom stereocenters. The number of carbonyl (C=O) groups excluding carboxylic acids is 1. The summed E-state index contributed by atoms with van der Waals surface area (Å²) in [5, 5.41) is 6.00. The maximum atomic E-state index is 12.1. The standard InChI is InChI=1S/C17H28N4O2.HI/c1-5-12(2)20-16(22)15-8-6-7-14(9-15)10-19-17(18)21-13(3)11-23-4;/h6-9,12-13H,5,10-11H2,1-4H3,(H,20,22)(H3,18,19,21);1H. The third-order valence-corrected chi connectivity index (χ3v) is 3.42. The Morgan fingerprint density at radius 2 is 2.00 bits per heavy atom. The number of ether oxygens (including phenoxy) is 1. The summed E-state index contributed by atoms with van der Waals surface area (Å²) in [6.07, 6.45) is 0.900. The monoisotopic (exact) mass is 448 g/mol. The Balaban J connectivity index is 0.00000529. The summed E-state index contributed by atoms with van der Waals surface area (Å²) >= 11 is 0. The zero-order chi connectivity index (χ0) is 17.2. The van der Waals surface area contributed by atoms with E-state index < -0.39 is 0 Å². The highest BCUT2D eigenvalue weighted by Gasteiger charge is 2.09. The van der Waals surface area contributed by atoms with Crippen molar-refractivity contribution in [3.63, 3.8) is 0 Å². The van der Waals surface area contributed by atoms with Gasteiger partial charge in [0.1, 0.15) is 0 Å². The molecule has 0 aromatic heterocycles. The number of aliphatic imine (C=N–C) groups is 1. The van der Waals surface area contributed by atoms with Crippen molar-refractivity contribution in [2.45, 2.75) is 45.8 Å². The molecule has 0 aliphatic carbocycles. The van der Waals surface area contributed by atoms with Gasteiger partial charge in [-0.05, 0) is 38.0 Å². The zero-order valence-electron chi connectivity index (χ0n) is 14.8. The van der Waals surface area contributed by atoms with Gasteiger partial charge in [0, 0.05) is 24.8 Å². The molecule has 0 saturated heterocycles. The number of hydrogen-bond acceptors (Lipinski definition) is 3. The first-order valence-electron chi connectivity index (χ1n) is 7.91. The molecule has 136 valence electrons. The van der Waals surface area contributed by atoms with Gasteiger partial charge in [-0.3, -0.25) is 4.79 Å². The molecule has 0 fully saturated rings. The van der Waals surface area contributed by atoms with Crippen LogP contribution in [-0.2, 0) is 11.3 Å². The second kappa shape index (κ2) is 12.1. The average Bonchev–Trinajstić information content (AvgIpc) is 2.53. The number of nitrogens with one attached hydrogen (secondary N) is 2. The fourth-order valence-electron chi connectivity index (χ4n) is 1.99. The smallest absolute Gasteiger partial charge is 0.251 e. The Morgan fingerprint density at radius 1 is 1.29 bits per heavy atom. The number of rotatable bonds is 8. The quantitative estimate of drug-likeness (QED) is 0.324. The molecule has 0 aliphatic rings. The van der Waals surface area contributed by atoms with Gasteiger partial charge in [0.05, 0.1) is 13.2 Å². The molecule has 1 rings (SSSR count). The van der Waals surface area contributed by atoms with Gasteiger partial charge in [-0.2, -0.15) is 0 Å². The van der Waals surface area contributed by atoms with Crippen LogP contribution in [0.15, 0.2) is 29.3 Å². The van der Waals surface area contributed by atoms with E-state index in [-0.39, 0.29) is 42.0 Å². The summed E-state index contributed by atoms with van der Waals surface area (Å²) in [5.74, 6) is 0.300. The minimum absolute atomic E-state index is 0. The minimum atomic E-state index is -0.0648. The lowest BCUT2D eigenvalue weighted by Crippen LogP contribution is -2.40. The summed E-state index contributed by atoms with van der Waals surface area (Å²) in [4.78, 5) is 16.4.